The van der Waals surface area contributed by atoms with Crippen molar-refractivity contribution < 1.29 is 14.3 Å². The number of carbonyl (C=O) groups is 1. The van der Waals surface area contributed by atoms with Gasteiger partial charge in [0, 0.05) is 0 Å². The molecule has 0 saturated carbocycles. The Bertz CT molecular complexity index is 228. The Morgan fingerprint density at radius 1 is 1.00 bits per heavy atom. The smallest absolute Gasteiger partial charge is 0.308 e. The van der Waals surface area contributed by atoms with Gasteiger partial charge in [0.2, 0.25) is 0 Å². The molecular formula is C15H28O3. The molecule has 1 aliphatic heterocycles. The Labute approximate surface area is 111 Å². The molecule has 0 aromatic rings. The summed E-state index contributed by atoms with van der Waals surface area (Å²) in [6.07, 6.45) is 12.7. The van der Waals surface area contributed by atoms with Crippen molar-refractivity contribution in [3.8, 4) is 0 Å². The van der Waals surface area contributed by atoms with Crippen LogP contribution in [0.5, 0.6) is 0 Å². The number of carbonyl (C=O) groups excluding carboxylic acids is 1. The van der Waals surface area contributed by atoms with E-state index in [0.29, 0.717) is 12.5 Å². The van der Waals surface area contributed by atoms with Crippen LogP contribution in [0.3, 0.4) is 0 Å². The molecule has 18 heavy (non-hydrogen) atoms. The van der Waals surface area contributed by atoms with E-state index in [-0.39, 0.29) is 12.1 Å². The standard InChI is InChI=1S/C15H28O3/c1-3-4-5-6-7-8-9-10-11-13-14(18-13)12-15(16)17-2/h13-14H,3-12H2,1-2H3. The lowest BCUT2D eigenvalue weighted by Crippen LogP contribution is -2.06. The first-order valence-corrected chi connectivity index (χ1v) is 7.50. The van der Waals surface area contributed by atoms with Gasteiger partial charge in [-0.25, -0.2) is 0 Å². The minimum Gasteiger partial charge on any atom is -0.469 e. The van der Waals surface area contributed by atoms with Crippen LogP contribution < -0.4 is 0 Å². The molecule has 0 aromatic carbocycles. The number of unbranched alkanes of at least 4 members (excludes halogenated alkanes) is 7. The van der Waals surface area contributed by atoms with Crippen LogP contribution in [0.2, 0.25) is 0 Å². The third-order valence-electron chi connectivity index (χ3n) is 3.63. The Kier molecular flexibility index (Phi) is 8.06. The van der Waals surface area contributed by atoms with E-state index in [2.05, 4.69) is 11.7 Å². The van der Waals surface area contributed by atoms with Gasteiger partial charge in [0.05, 0.1) is 25.7 Å². The highest BCUT2D eigenvalue weighted by atomic mass is 16.6. The van der Waals surface area contributed by atoms with Crippen LogP contribution in [0.4, 0.5) is 0 Å². The maximum Gasteiger partial charge on any atom is 0.308 e. The topological polar surface area (TPSA) is 38.8 Å². The minimum absolute atomic E-state index is 0.141. The molecule has 0 spiro atoms. The zero-order valence-corrected chi connectivity index (χ0v) is 12.0. The van der Waals surface area contributed by atoms with Crippen LogP contribution in [-0.2, 0) is 14.3 Å². The summed E-state index contributed by atoms with van der Waals surface area (Å²) in [5.41, 5.74) is 0. The molecule has 1 aliphatic rings. The van der Waals surface area contributed by atoms with E-state index in [0.717, 1.165) is 6.42 Å². The predicted octanol–water partition coefficient (Wildman–Crippen LogP) is 3.85. The average molecular weight is 256 g/mol. The highest BCUT2D eigenvalue weighted by Crippen LogP contribution is 2.30. The first-order valence-electron chi connectivity index (χ1n) is 7.50. The maximum atomic E-state index is 11.0. The summed E-state index contributed by atoms with van der Waals surface area (Å²) in [6, 6.07) is 0. The second-order valence-corrected chi connectivity index (χ2v) is 5.26. The molecule has 0 aromatic heterocycles. The van der Waals surface area contributed by atoms with Crippen molar-refractivity contribution in [2.75, 3.05) is 7.11 Å². The number of methoxy groups -OCH3 is 1. The maximum absolute atomic E-state index is 11.0. The largest absolute Gasteiger partial charge is 0.469 e. The normalized spacial score (nSPS) is 21.9. The molecule has 1 heterocycles. The summed E-state index contributed by atoms with van der Waals surface area (Å²) in [4.78, 5) is 11.0. The van der Waals surface area contributed by atoms with Gasteiger partial charge in [-0.3, -0.25) is 4.79 Å². The summed E-state index contributed by atoms with van der Waals surface area (Å²) < 4.78 is 10.1. The Balaban J connectivity index is 1.81. The Hall–Kier alpha value is -0.570. The van der Waals surface area contributed by atoms with Crippen LogP contribution >= 0.6 is 0 Å². The van der Waals surface area contributed by atoms with E-state index in [1.807, 2.05) is 0 Å². The summed E-state index contributed by atoms with van der Waals surface area (Å²) in [5.74, 6) is -0.154. The lowest BCUT2D eigenvalue weighted by Gasteiger charge is -2.00. The van der Waals surface area contributed by atoms with Gasteiger partial charge in [0.25, 0.3) is 0 Å². The van der Waals surface area contributed by atoms with Crippen LogP contribution in [0, 0.1) is 0 Å². The molecule has 2 atom stereocenters. The monoisotopic (exact) mass is 256 g/mol. The molecule has 0 N–H and O–H groups in total. The number of esters is 1. The van der Waals surface area contributed by atoms with Crippen molar-refractivity contribution in [3.63, 3.8) is 0 Å². The van der Waals surface area contributed by atoms with Crippen molar-refractivity contribution in [1.29, 1.82) is 0 Å². The average Bonchev–Trinajstić information content (AvgIpc) is 3.10. The van der Waals surface area contributed by atoms with E-state index in [4.69, 9.17) is 4.74 Å². The fourth-order valence-corrected chi connectivity index (χ4v) is 2.34. The number of epoxide rings is 1. The third-order valence-corrected chi connectivity index (χ3v) is 3.63. The highest BCUT2D eigenvalue weighted by molar-refractivity contribution is 5.70. The van der Waals surface area contributed by atoms with Crippen LogP contribution in [0.1, 0.15) is 71.1 Å². The number of hydrogen-bond donors (Lipinski definition) is 0. The van der Waals surface area contributed by atoms with Crippen molar-refractivity contribution in [2.24, 2.45) is 0 Å². The molecule has 3 heteroatoms. The highest BCUT2D eigenvalue weighted by Gasteiger charge is 2.39. The van der Waals surface area contributed by atoms with Crippen molar-refractivity contribution >= 4 is 5.97 Å². The summed E-state index contributed by atoms with van der Waals surface area (Å²) in [6.45, 7) is 2.25. The lowest BCUT2D eigenvalue weighted by atomic mass is 10.1. The van der Waals surface area contributed by atoms with Crippen molar-refractivity contribution in [1.82, 2.24) is 0 Å². The van der Waals surface area contributed by atoms with Gasteiger partial charge in [-0.15, -0.1) is 0 Å². The van der Waals surface area contributed by atoms with E-state index in [9.17, 15) is 4.79 Å². The van der Waals surface area contributed by atoms with Gasteiger partial charge in [-0.1, -0.05) is 58.3 Å². The Morgan fingerprint density at radius 2 is 1.61 bits per heavy atom. The zero-order valence-electron chi connectivity index (χ0n) is 12.0. The molecule has 1 rings (SSSR count). The number of hydrogen-bond acceptors (Lipinski definition) is 3. The molecule has 0 aliphatic carbocycles. The molecule has 0 radical (unpaired) electrons. The van der Waals surface area contributed by atoms with E-state index in [1.54, 1.807) is 0 Å². The molecule has 0 bridgehead atoms. The molecule has 0 amide bonds. The SMILES string of the molecule is CCCCCCCCCCC1OC1CC(=O)OC. The second kappa shape index (κ2) is 9.37. The van der Waals surface area contributed by atoms with Gasteiger partial charge in [0.15, 0.2) is 0 Å². The van der Waals surface area contributed by atoms with Crippen LogP contribution in [0.15, 0.2) is 0 Å². The fourth-order valence-electron chi connectivity index (χ4n) is 2.34. The molecular weight excluding hydrogens is 228 g/mol. The van der Waals surface area contributed by atoms with Gasteiger partial charge in [-0.05, 0) is 6.42 Å². The molecule has 1 saturated heterocycles. The summed E-state index contributed by atoms with van der Waals surface area (Å²) in [5, 5.41) is 0. The molecule has 106 valence electrons. The Morgan fingerprint density at radius 3 is 2.22 bits per heavy atom. The number of rotatable bonds is 11. The second-order valence-electron chi connectivity index (χ2n) is 5.26. The van der Waals surface area contributed by atoms with Gasteiger partial charge in [0.1, 0.15) is 0 Å². The minimum atomic E-state index is -0.154. The van der Waals surface area contributed by atoms with Crippen LogP contribution in [0.25, 0.3) is 0 Å². The first-order chi connectivity index (χ1) is 8.77. The quantitative estimate of drug-likeness (QED) is 0.320. The molecule has 1 fully saturated rings. The molecule has 3 nitrogen and oxygen atoms in total. The van der Waals surface area contributed by atoms with Gasteiger partial charge < -0.3 is 9.47 Å². The third kappa shape index (κ3) is 7.00. The van der Waals surface area contributed by atoms with E-state index in [1.165, 1.54) is 58.5 Å². The van der Waals surface area contributed by atoms with Crippen molar-refractivity contribution in [3.05, 3.63) is 0 Å². The van der Waals surface area contributed by atoms with Gasteiger partial charge >= 0.3 is 5.97 Å². The lowest BCUT2D eigenvalue weighted by molar-refractivity contribution is -0.140. The van der Waals surface area contributed by atoms with E-state index < -0.39 is 0 Å². The van der Waals surface area contributed by atoms with Crippen molar-refractivity contribution in [2.45, 2.75) is 83.3 Å². The predicted molar refractivity (Wildman–Crippen MR) is 72.5 cm³/mol. The fraction of sp³-hybridized carbons (Fsp3) is 0.933. The van der Waals surface area contributed by atoms with Crippen LogP contribution in [-0.4, -0.2) is 25.3 Å². The zero-order chi connectivity index (χ0) is 13.2. The van der Waals surface area contributed by atoms with E-state index >= 15 is 0 Å². The summed E-state index contributed by atoms with van der Waals surface area (Å²) >= 11 is 0. The summed E-state index contributed by atoms with van der Waals surface area (Å²) in [7, 11) is 1.43. The number of ether oxygens (including phenoxy) is 2. The van der Waals surface area contributed by atoms with Gasteiger partial charge in [-0.2, -0.15) is 0 Å². The first kappa shape index (κ1) is 15.5. The molecule has 2 unspecified atom stereocenters.